The summed E-state index contributed by atoms with van der Waals surface area (Å²) in [4.78, 5) is 0.193. The lowest BCUT2D eigenvalue weighted by molar-refractivity contribution is 0.305. The molecule has 1 saturated carbocycles. The van der Waals surface area contributed by atoms with Crippen LogP contribution < -0.4 is 10.0 Å². The molecule has 1 heterocycles. The molecule has 4 rings (SSSR count). The number of para-hydroxylation sites is 1. The first-order valence-corrected chi connectivity index (χ1v) is 13.7. The third kappa shape index (κ3) is 6.74. The summed E-state index contributed by atoms with van der Waals surface area (Å²) in [5.41, 5.74) is 3.06. The molecule has 1 fully saturated rings. The summed E-state index contributed by atoms with van der Waals surface area (Å²) in [6, 6.07) is 16.4. The number of rotatable bonds is 10. The van der Waals surface area contributed by atoms with Gasteiger partial charge in [-0.25, -0.2) is 8.42 Å². The fraction of sp³-hybridized carbons (Fsp3) is 0.370. The number of nitrogens with one attached hydrogen (secondary N) is 2. The van der Waals surface area contributed by atoms with Gasteiger partial charge in [0.2, 0.25) is 0 Å². The Balaban J connectivity index is 1.40. The number of aromatic nitrogens is 1. The van der Waals surface area contributed by atoms with E-state index in [-0.39, 0.29) is 4.90 Å². The maximum Gasteiger partial charge on any atom is 0.261 e. The van der Waals surface area contributed by atoms with Crippen molar-refractivity contribution in [3.63, 3.8) is 0 Å². The van der Waals surface area contributed by atoms with E-state index in [0.717, 1.165) is 29.2 Å². The lowest BCUT2D eigenvalue weighted by Gasteiger charge is -2.25. The molecule has 2 aromatic carbocycles. The van der Waals surface area contributed by atoms with E-state index in [1.807, 2.05) is 29.0 Å². The van der Waals surface area contributed by atoms with Crippen LogP contribution in [-0.4, -0.2) is 30.4 Å². The van der Waals surface area contributed by atoms with Gasteiger partial charge in [-0.2, -0.15) is 0 Å². The third-order valence-electron chi connectivity index (χ3n) is 6.68. The first kappa shape index (κ1) is 25.0. The molecule has 0 radical (unpaired) electrons. The van der Waals surface area contributed by atoms with Crippen molar-refractivity contribution in [1.82, 2.24) is 9.88 Å². The average Bonchev–Trinajstić information content (AvgIpc) is 3.33. The van der Waals surface area contributed by atoms with E-state index >= 15 is 0 Å². The molecule has 0 unspecified atom stereocenters. The third-order valence-corrected chi connectivity index (χ3v) is 8.06. The Hall–Kier alpha value is -3.10. The minimum atomic E-state index is -3.74. The fourth-order valence-electron chi connectivity index (χ4n) is 4.78. The Kier molecular flexibility index (Phi) is 8.25. The first-order valence-electron chi connectivity index (χ1n) is 12.2. The second-order valence-electron chi connectivity index (χ2n) is 9.37. The van der Waals surface area contributed by atoms with Gasteiger partial charge in [-0.1, -0.05) is 55.5 Å². The average molecular weight is 495 g/mol. The van der Waals surface area contributed by atoms with Crippen molar-refractivity contribution in [3.05, 3.63) is 78.1 Å². The van der Waals surface area contributed by atoms with E-state index in [9.17, 15) is 8.42 Å². The molecule has 186 valence electrons. The minimum absolute atomic E-state index is 0.193. The van der Waals surface area contributed by atoms with Gasteiger partial charge in [0.05, 0.1) is 16.8 Å². The molecule has 1 aliphatic rings. The second kappa shape index (κ2) is 11.6. The van der Waals surface area contributed by atoms with Crippen LogP contribution in [0.15, 0.2) is 77.0 Å². The zero-order valence-corrected chi connectivity index (χ0v) is 20.9. The van der Waals surface area contributed by atoms with Crippen LogP contribution in [0, 0.1) is 5.92 Å². The molecule has 3 N–H and O–H groups in total. The summed E-state index contributed by atoms with van der Waals surface area (Å²) < 4.78 is 30.8. The van der Waals surface area contributed by atoms with Crippen molar-refractivity contribution < 1.29 is 13.6 Å². The molecule has 0 spiro atoms. The van der Waals surface area contributed by atoms with Gasteiger partial charge in [0.15, 0.2) is 0 Å². The van der Waals surface area contributed by atoms with Gasteiger partial charge in [0.1, 0.15) is 0 Å². The maximum absolute atomic E-state index is 13.1. The Bertz CT molecular complexity index is 1230. The van der Waals surface area contributed by atoms with E-state index in [1.165, 1.54) is 38.3 Å². The summed E-state index contributed by atoms with van der Waals surface area (Å²) in [5, 5.41) is 15.3. The van der Waals surface area contributed by atoms with Crippen molar-refractivity contribution in [1.29, 1.82) is 0 Å². The molecule has 1 aliphatic carbocycles. The van der Waals surface area contributed by atoms with E-state index in [1.54, 1.807) is 42.6 Å². The Morgan fingerprint density at radius 2 is 1.83 bits per heavy atom. The number of hydrogen-bond donors (Lipinski definition) is 3. The molecule has 0 bridgehead atoms. The molecular formula is C27H34N4O3S. The smallest absolute Gasteiger partial charge is 0.261 e. The number of anilines is 1. The van der Waals surface area contributed by atoms with Crippen LogP contribution in [0.4, 0.5) is 5.69 Å². The zero-order valence-electron chi connectivity index (χ0n) is 20.1. The monoisotopic (exact) mass is 494 g/mol. The van der Waals surface area contributed by atoms with Crippen LogP contribution in [0.1, 0.15) is 56.6 Å². The normalized spacial score (nSPS) is 15.9. The van der Waals surface area contributed by atoms with Gasteiger partial charge in [0.25, 0.3) is 10.0 Å². The predicted molar refractivity (Wildman–Crippen MR) is 140 cm³/mol. The number of benzene rings is 2. The van der Waals surface area contributed by atoms with Crippen LogP contribution in [-0.2, 0) is 16.6 Å². The van der Waals surface area contributed by atoms with Crippen molar-refractivity contribution in [3.8, 4) is 5.69 Å². The molecule has 7 nitrogen and oxygen atoms in total. The summed E-state index contributed by atoms with van der Waals surface area (Å²) in [5.74, 6) is 0.795. The van der Waals surface area contributed by atoms with Crippen molar-refractivity contribution in [2.24, 2.45) is 11.1 Å². The molecule has 1 atom stereocenters. The lowest BCUT2D eigenvalue weighted by Crippen LogP contribution is -2.29. The molecule has 8 heteroatoms. The minimum Gasteiger partial charge on any atom is -0.411 e. The van der Waals surface area contributed by atoms with Crippen LogP contribution in [0.25, 0.3) is 5.69 Å². The van der Waals surface area contributed by atoms with Gasteiger partial charge in [-0.15, -0.1) is 0 Å². The van der Waals surface area contributed by atoms with E-state index in [0.29, 0.717) is 18.3 Å². The van der Waals surface area contributed by atoms with Crippen molar-refractivity contribution in [2.75, 3.05) is 4.72 Å². The predicted octanol–water partition coefficient (Wildman–Crippen LogP) is 5.53. The molecular weight excluding hydrogens is 460 g/mol. The Labute approximate surface area is 207 Å². The lowest BCUT2D eigenvalue weighted by atomic mass is 9.85. The standard InChI is InChI=1S/C27H34N4O3S/c1-21(17-22-7-3-2-4-8-22)28-19-24-9-5-6-10-27(24)30-35(33,34)26-13-11-25(12-14-26)31-16-15-23(20-31)18-29-32/h5-6,9-16,18,20-22,28,30,32H,2-4,7-8,17,19H2,1H3/b29-18+/t21-/m0/s1. The Morgan fingerprint density at radius 1 is 1.09 bits per heavy atom. The SMILES string of the molecule is C[C@@H](CC1CCCCC1)NCc1ccccc1NS(=O)(=O)c1ccc(-n2ccc(/C=N/O)c2)cc1. The van der Waals surface area contributed by atoms with Gasteiger partial charge < -0.3 is 15.1 Å². The van der Waals surface area contributed by atoms with Crippen LogP contribution in [0.5, 0.6) is 0 Å². The van der Waals surface area contributed by atoms with Crippen LogP contribution >= 0.6 is 0 Å². The topological polar surface area (TPSA) is 95.7 Å². The highest BCUT2D eigenvalue weighted by Gasteiger charge is 2.18. The van der Waals surface area contributed by atoms with Gasteiger partial charge in [-0.05, 0) is 61.2 Å². The van der Waals surface area contributed by atoms with E-state index < -0.39 is 10.0 Å². The first-order chi connectivity index (χ1) is 16.9. The molecule has 0 amide bonds. The second-order valence-corrected chi connectivity index (χ2v) is 11.1. The zero-order chi connectivity index (χ0) is 24.7. The number of sulfonamides is 1. The van der Waals surface area contributed by atoms with Gasteiger partial charge in [-0.3, -0.25) is 4.72 Å². The molecule has 1 aromatic heterocycles. The molecule has 0 saturated heterocycles. The van der Waals surface area contributed by atoms with Crippen LogP contribution in [0.3, 0.4) is 0 Å². The van der Waals surface area contributed by atoms with Gasteiger partial charge >= 0.3 is 0 Å². The quantitative estimate of drug-likeness (QED) is 0.196. The highest BCUT2D eigenvalue weighted by molar-refractivity contribution is 7.92. The van der Waals surface area contributed by atoms with Crippen molar-refractivity contribution in [2.45, 2.75) is 62.9 Å². The molecule has 35 heavy (non-hydrogen) atoms. The number of oxime groups is 1. The maximum atomic E-state index is 13.1. The largest absolute Gasteiger partial charge is 0.411 e. The summed E-state index contributed by atoms with van der Waals surface area (Å²) in [6.45, 7) is 2.83. The highest BCUT2D eigenvalue weighted by Crippen LogP contribution is 2.27. The summed E-state index contributed by atoms with van der Waals surface area (Å²) in [6.07, 6.45) is 12.8. The summed E-state index contributed by atoms with van der Waals surface area (Å²) in [7, 11) is -3.74. The molecule has 0 aliphatic heterocycles. The van der Waals surface area contributed by atoms with Crippen molar-refractivity contribution >= 4 is 21.9 Å². The highest BCUT2D eigenvalue weighted by atomic mass is 32.2. The fourth-order valence-corrected chi connectivity index (χ4v) is 5.88. The number of hydrogen-bond acceptors (Lipinski definition) is 5. The van der Waals surface area contributed by atoms with Crippen LogP contribution in [0.2, 0.25) is 0 Å². The van der Waals surface area contributed by atoms with E-state index in [2.05, 4.69) is 22.1 Å². The summed E-state index contributed by atoms with van der Waals surface area (Å²) >= 11 is 0. The molecule has 3 aromatic rings. The van der Waals surface area contributed by atoms with E-state index in [4.69, 9.17) is 5.21 Å². The Morgan fingerprint density at radius 3 is 2.57 bits per heavy atom. The van der Waals surface area contributed by atoms with Gasteiger partial charge in [0, 0.05) is 36.2 Å². The number of nitrogens with zero attached hydrogens (tertiary/aromatic N) is 2.